The van der Waals surface area contributed by atoms with Gasteiger partial charge in [0.2, 0.25) is 10.0 Å². The van der Waals surface area contributed by atoms with E-state index in [-0.39, 0.29) is 14.9 Å². The fourth-order valence-electron chi connectivity index (χ4n) is 1.67. The molecule has 7 nitrogen and oxygen atoms in total. The van der Waals surface area contributed by atoms with Crippen LogP contribution in [0.2, 0.25) is 0 Å². The summed E-state index contributed by atoms with van der Waals surface area (Å²) in [4.78, 5) is 22.4. The Morgan fingerprint density at radius 1 is 1.32 bits per heavy atom. The summed E-state index contributed by atoms with van der Waals surface area (Å²) < 4.78 is 31.4. The zero-order valence-corrected chi connectivity index (χ0v) is 14.6. The summed E-state index contributed by atoms with van der Waals surface area (Å²) >= 11 is 3.07. The Kier molecular flexibility index (Phi) is 6.09. The first kappa shape index (κ1) is 18.6. The van der Waals surface area contributed by atoms with Gasteiger partial charge >= 0.3 is 11.9 Å². The monoisotopic (exact) mass is 393 g/mol. The van der Waals surface area contributed by atoms with Gasteiger partial charge in [0.05, 0.1) is 17.6 Å². The molecule has 1 rings (SSSR count). The van der Waals surface area contributed by atoms with Gasteiger partial charge in [0.15, 0.2) is 0 Å². The number of sulfonamides is 1. The molecular weight excluding hydrogens is 378 g/mol. The highest BCUT2D eigenvalue weighted by atomic mass is 79.9. The van der Waals surface area contributed by atoms with Gasteiger partial charge in [-0.15, -0.1) is 0 Å². The molecule has 0 radical (unpaired) electrons. The van der Waals surface area contributed by atoms with Crippen LogP contribution < -0.4 is 4.72 Å². The van der Waals surface area contributed by atoms with Crippen LogP contribution in [0, 0.1) is 5.92 Å². The first-order chi connectivity index (χ1) is 10.1. The fourth-order valence-corrected chi connectivity index (χ4v) is 4.08. The van der Waals surface area contributed by atoms with Gasteiger partial charge in [0.1, 0.15) is 6.04 Å². The number of aliphatic carboxylic acids is 1. The average Bonchev–Trinajstić information content (AvgIpc) is 2.42. The summed E-state index contributed by atoms with van der Waals surface area (Å²) in [5, 5.41) is 9.07. The Bertz CT molecular complexity index is 686. The lowest BCUT2D eigenvalue weighted by molar-refractivity contribution is -0.140. The summed E-state index contributed by atoms with van der Waals surface area (Å²) in [5.41, 5.74) is 0.173. The van der Waals surface area contributed by atoms with Gasteiger partial charge in [-0.2, -0.15) is 4.72 Å². The van der Waals surface area contributed by atoms with Crippen LogP contribution in [0.15, 0.2) is 27.6 Å². The van der Waals surface area contributed by atoms with E-state index in [1.807, 2.05) is 0 Å². The van der Waals surface area contributed by atoms with Crippen LogP contribution in [0.3, 0.4) is 0 Å². The highest BCUT2D eigenvalue weighted by molar-refractivity contribution is 9.10. The number of carboxylic acids is 1. The standard InChI is InChI=1S/C13H16BrNO6S/c1-7(2)11(12(16)17)15-22(19,20)10-5-4-8(6-9(10)14)13(18)21-3/h4-7,11,15H,1-3H3,(H,16,17). The summed E-state index contributed by atoms with van der Waals surface area (Å²) in [6.07, 6.45) is 0. The number of rotatable bonds is 6. The van der Waals surface area contributed by atoms with E-state index in [9.17, 15) is 18.0 Å². The molecule has 0 aromatic heterocycles. The number of benzene rings is 1. The van der Waals surface area contributed by atoms with Gasteiger partial charge in [0, 0.05) is 4.47 Å². The van der Waals surface area contributed by atoms with Crippen molar-refractivity contribution < 1.29 is 27.9 Å². The average molecular weight is 394 g/mol. The molecule has 0 fully saturated rings. The highest BCUT2D eigenvalue weighted by Gasteiger charge is 2.29. The van der Waals surface area contributed by atoms with Crippen molar-refractivity contribution in [3.63, 3.8) is 0 Å². The van der Waals surface area contributed by atoms with Crippen LogP contribution in [-0.4, -0.2) is 38.6 Å². The van der Waals surface area contributed by atoms with Gasteiger partial charge in [-0.3, -0.25) is 4.79 Å². The summed E-state index contributed by atoms with van der Waals surface area (Å²) in [6, 6.07) is 2.54. The Hall–Kier alpha value is -1.45. The highest BCUT2D eigenvalue weighted by Crippen LogP contribution is 2.24. The van der Waals surface area contributed by atoms with E-state index >= 15 is 0 Å². The van der Waals surface area contributed by atoms with Crippen molar-refractivity contribution in [2.24, 2.45) is 5.92 Å². The van der Waals surface area contributed by atoms with Crippen molar-refractivity contribution >= 4 is 37.9 Å². The lowest BCUT2D eigenvalue weighted by atomic mass is 10.1. The van der Waals surface area contributed by atoms with Crippen LogP contribution >= 0.6 is 15.9 Å². The molecule has 1 atom stereocenters. The van der Waals surface area contributed by atoms with Crippen LogP contribution in [0.25, 0.3) is 0 Å². The summed E-state index contributed by atoms with van der Waals surface area (Å²) in [5.74, 6) is -2.30. The van der Waals surface area contributed by atoms with E-state index in [1.165, 1.54) is 25.3 Å². The molecule has 0 bridgehead atoms. The second kappa shape index (κ2) is 7.21. The van der Waals surface area contributed by atoms with Gasteiger partial charge < -0.3 is 9.84 Å². The number of ether oxygens (including phenoxy) is 1. The van der Waals surface area contributed by atoms with Gasteiger partial charge in [-0.25, -0.2) is 13.2 Å². The van der Waals surface area contributed by atoms with Crippen LogP contribution in [0.1, 0.15) is 24.2 Å². The minimum Gasteiger partial charge on any atom is -0.480 e. The van der Waals surface area contributed by atoms with E-state index in [4.69, 9.17) is 5.11 Å². The van der Waals surface area contributed by atoms with Gasteiger partial charge in [0.25, 0.3) is 0 Å². The number of methoxy groups -OCH3 is 1. The van der Waals surface area contributed by atoms with E-state index in [0.717, 1.165) is 0 Å². The number of hydrogen-bond acceptors (Lipinski definition) is 5. The first-order valence-corrected chi connectivity index (χ1v) is 8.50. The third kappa shape index (κ3) is 4.28. The predicted molar refractivity (Wildman–Crippen MR) is 82.1 cm³/mol. The third-order valence-electron chi connectivity index (χ3n) is 2.86. The molecule has 2 N–H and O–H groups in total. The molecule has 1 unspecified atom stereocenters. The van der Waals surface area contributed by atoms with Crippen molar-refractivity contribution in [3.8, 4) is 0 Å². The predicted octanol–water partition coefficient (Wildman–Crippen LogP) is 1.62. The maximum absolute atomic E-state index is 12.3. The molecule has 0 aliphatic rings. The number of esters is 1. The largest absolute Gasteiger partial charge is 0.480 e. The van der Waals surface area contributed by atoms with Crippen molar-refractivity contribution in [1.82, 2.24) is 4.72 Å². The topological polar surface area (TPSA) is 110 Å². The van der Waals surface area contributed by atoms with Crippen LogP contribution in [-0.2, 0) is 19.6 Å². The molecule has 0 saturated heterocycles. The molecule has 0 aliphatic carbocycles. The smallest absolute Gasteiger partial charge is 0.337 e. The fraction of sp³-hybridized carbons (Fsp3) is 0.385. The van der Waals surface area contributed by atoms with Crippen molar-refractivity contribution in [1.29, 1.82) is 0 Å². The zero-order chi connectivity index (χ0) is 17.1. The number of hydrogen-bond donors (Lipinski definition) is 2. The SMILES string of the molecule is COC(=O)c1ccc(S(=O)(=O)NC(C(=O)O)C(C)C)c(Br)c1. The summed E-state index contributed by atoms with van der Waals surface area (Å²) in [7, 11) is -2.85. The number of nitrogens with one attached hydrogen (secondary N) is 1. The molecule has 0 aliphatic heterocycles. The minimum atomic E-state index is -4.06. The van der Waals surface area contributed by atoms with Crippen molar-refractivity contribution in [2.75, 3.05) is 7.11 Å². The number of carboxylic acid groups (broad SMARTS) is 1. The molecule has 22 heavy (non-hydrogen) atoms. The first-order valence-electron chi connectivity index (χ1n) is 6.23. The maximum atomic E-state index is 12.3. The van der Waals surface area contributed by atoms with Gasteiger partial charge in [-0.1, -0.05) is 13.8 Å². The molecule has 1 aromatic rings. The molecule has 9 heteroatoms. The van der Waals surface area contributed by atoms with Gasteiger partial charge in [-0.05, 0) is 40.0 Å². The maximum Gasteiger partial charge on any atom is 0.337 e. The molecular formula is C13H16BrNO6S. The Morgan fingerprint density at radius 3 is 2.32 bits per heavy atom. The number of carbonyl (C=O) groups excluding carboxylic acids is 1. The molecule has 122 valence electrons. The Morgan fingerprint density at radius 2 is 1.91 bits per heavy atom. The third-order valence-corrected chi connectivity index (χ3v) is 5.28. The number of halogens is 1. The Labute approximate surface area is 136 Å². The quantitative estimate of drug-likeness (QED) is 0.710. The second-order valence-corrected chi connectivity index (χ2v) is 7.35. The minimum absolute atomic E-state index is 0.135. The van der Waals surface area contributed by atoms with Crippen molar-refractivity contribution in [2.45, 2.75) is 24.8 Å². The molecule has 1 aromatic carbocycles. The van der Waals surface area contributed by atoms with E-state index < -0.39 is 33.9 Å². The summed E-state index contributed by atoms with van der Waals surface area (Å²) in [6.45, 7) is 3.19. The van der Waals surface area contributed by atoms with E-state index in [1.54, 1.807) is 13.8 Å². The lowest BCUT2D eigenvalue weighted by Crippen LogP contribution is -2.44. The molecule has 0 heterocycles. The zero-order valence-electron chi connectivity index (χ0n) is 12.2. The molecule has 0 spiro atoms. The van der Waals surface area contributed by atoms with E-state index in [0.29, 0.717) is 0 Å². The van der Waals surface area contributed by atoms with E-state index in [2.05, 4.69) is 25.4 Å². The van der Waals surface area contributed by atoms with Crippen LogP contribution in [0.4, 0.5) is 0 Å². The second-order valence-electron chi connectivity index (χ2n) is 4.82. The number of carbonyl (C=O) groups is 2. The van der Waals surface area contributed by atoms with Crippen LogP contribution in [0.5, 0.6) is 0 Å². The van der Waals surface area contributed by atoms with Crippen molar-refractivity contribution in [3.05, 3.63) is 28.2 Å². The lowest BCUT2D eigenvalue weighted by Gasteiger charge is -2.18. The Balaban J connectivity index is 3.18. The molecule has 0 amide bonds. The molecule has 0 saturated carbocycles. The normalized spacial score (nSPS) is 13.0.